The van der Waals surface area contributed by atoms with Crippen LogP contribution in [0.1, 0.15) is 22.3 Å². The zero-order chi connectivity index (χ0) is 29.1. The second-order valence-electron chi connectivity index (χ2n) is 9.19. The fourth-order valence-electron chi connectivity index (χ4n) is 4.97. The number of benzene rings is 2. The first-order valence-corrected chi connectivity index (χ1v) is 13.0. The maximum Gasteiger partial charge on any atom is 0.421 e. The Hall–Kier alpha value is -3.89. The minimum absolute atomic E-state index is 0.0363. The van der Waals surface area contributed by atoms with Crippen LogP contribution < -0.4 is 10.5 Å². The van der Waals surface area contributed by atoms with E-state index in [1.54, 1.807) is 0 Å². The number of fused-ring (bicyclic) bond motifs is 3. The number of rotatable bonds is 2. The lowest BCUT2D eigenvalue weighted by molar-refractivity contribution is -0.141. The number of nitriles is 1. The Morgan fingerprint density at radius 2 is 1.95 bits per heavy atom. The van der Waals surface area contributed by atoms with E-state index in [4.69, 9.17) is 22.1 Å². The number of ether oxygens (including phenoxy) is 1. The summed E-state index contributed by atoms with van der Waals surface area (Å²) < 4.78 is 75.0. The Morgan fingerprint density at radius 3 is 2.62 bits per heavy atom. The lowest BCUT2D eigenvalue weighted by Crippen LogP contribution is -2.58. The van der Waals surface area contributed by atoms with E-state index in [1.807, 2.05) is 6.07 Å². The molecule has 1 atom stereocenters. The van der Waals surface area contributed by atoms with Crippen molar-refractivity contribution in [3.63, 3.8) is 0 Å². The van der Waals surface area contributed by atoms with Gasteiger partial charge in [0.15, 0.2) is 5.75 Å². The molecule has 2 N–H and O–H groups in total. The number of piperazine rings is 1. The van der Waals surface area contributed by atoms with E-state index in [0.29, 0.717) is 0 Å². The zero-order valence-electron chi connectivity index (χ0n) is 20.4. The quantitative estimate of drug-likeness (QED) is 0.311. The number of anilines is 1. The van der Waals surface area contributed by atoms with E-state index in [2.05, 4.69) is 6.58 Å². The van der Waals surface area contributed by atoms with Gasteiger partial charge in [-0.1, -0.05) is 24.2 Å². The van der Waals surface area contributed by atoms with Gasteiger partial charge in [0.05, 0.1) is 33.5 Å². The van der Waals surface area contributed by atoms with Gasteiger partial charge in [0.2, 0.25) is 0 Å². The Balaban J connectivity index is 1.54. The second-order valence-corrected chi connectivity index (χ2v) is 10.6. The van der Waals surface area contributed by atoms with E-state index in [-0.39, 0.29) is 80.8 Å². The fraction of sp³-hybridized carbons (Fsp3) is 0.269. The van der Waals surface area contributed by atoms with Crippen LogP contribution in [0.2, 0.25) is 5.02 Å². The minimum atomic E-state index is -4.89. The van der Waals surface area contributed by atoms with Gasteiger partial charge >= 0.3 is 6.18 Å². The first-order valence-electron chi connectivity index (χ1n) is 11.8. The molecule has 1 saturated heterocycles. The smallest absolute Gasteiger partial charge is 0.421 e. The molecule has 40 heavy (non-hydrogen) atoms. The van der Waals surface area contributed by atoms with E-state index < -0.39 is 41.2 Å². The summed E-state index contributed by atoms with van der Waals surface area (Å²) in [7, 11) is 0. The summed E-state index contributed by atoms with van der Waals surface area (Å²) in [6.45, 7) is 2.28. The molecular weight excluding hydrogens is 579 g/mol. The maximum atomic E-state index is 15.7. The molecule has 3 heterocycles. The number of nitrogen functional groups attached to an aromatic ring is 1. The van der Waals surface area contributed by atoms with Crippen molar-refractivity contribution in [1.82, 2.24) is 9.80 Å². The van der Waals surface area contributed by atoms with Gasteiger partial charge in [0, 0.05) is 37.0 Å². The molecule has 7 nitrogen and oxygen atoms in total. The summed E-state index contributed by atoms with van der Waals surface area (Å²) in [6, 6.07) is 4.47. The van der Waals surface area contributed by atoms with Crippen molar-refractivity contribution < 1.29 is 36.3 Å². The molecule has 5 rings (SSSR count). The predicted molar refractivity (Wildman–Crippen MR) is 138 cm³/mol. The molecule has 14 heteroatoms. The van der Waals surface area contributed by atoms with Crippen LogP contribution in [0.4, 0.5) is 27.0 Å². The molecule has 2 aliphatic rings. The van der Waals surface area contributed by atoms with Crippen molar-refractivity contribution in [2.75, 3.05) is 32.0 Å². The van der Waals surface area contributed by atoms with E-state index in [1.165, 1.54) is 11.0 Å². The van der Waals surface area contributed by atoms with Crippen LogP contribution in [0.5, 0.6) is 5.75 Å². The Bertz CT molecular complexity index is 1650. The van der Waals surface area contributed by atoms with Gasteiger partial charge in [-0.3, -0.25) is 9.59 Å². The number of carbonyl (C=O) groups is 2. The third-order valence-corrected chi connectivity index (χ3v) is 8.32. The third kappa shape index (κ3) is 4.41. The Morgan fingerprint density at radius 1 is 1.23 bits per heavy atom. The van der Waals surface area contributed by atoms with Crippen molar-refractivity contribution in [3.05, 3.63) is 58.1 Å². The first kappa shape index (κ1) is 27.7. The van der Waals surface area contributed by atoms with Crippen LogP contribution in [0.25, 0.3) is 21.2 Å². The normalized spacial score (nSPS) is 17.4. The lowest BCUT2D eigenvalue weighted by Gasteiger charge is -2.43. The molecule has 2 aliphatic heterocycles. The van der Waals surface area contributed by atoms with Gasteiger partial charge in [-0.05, 0) is 17.7 Å². The topological polar surface area (TPSA) is 99.7 Å². The molecule has 1 aromatic heterocycles. The van der Waals surface area contributed by atoms with Crippen LogP contribution in [0.15, 0.2) is 30.4 Å². The van der Waals surface area contributed by atoms with Crippen LogP contribution in [0.3, 0.4) is 0 Å². The number of nitrogens with zero attached hydrogens (tertiary/aromatic N) is 3. The van der Waals surface area contributed by atoms with Gasteiger partial charge in [0.25, 0.3) is 11.8 Å². The molecule has 0 saturated carbocycles. The van der Waals surface area contributed by atoms with Gasteiger partial charge in [0.1, 0.15) is 28.3 Å². The highest BCUT2D eigenvalue weighted by Crippen LogP contribution is 2.47. The number of nitrogens with two attached hydrogens (primary N) is 1. The number of thiophene rings is 1. The SMILES string of the molecule is C=C(C(=O)N1CCN2C(=O)c3cc(F)c(-c4ccc(F)c5sc(N)c(C#N)c45)c(Cl)c3OCC[C@H]2C1)C(F)(F)F. The first-order chi connectivity index (χ1) is 18.8. The molecule has 3 aromatic rings. The van der Waals surface area contributed by atoms with Crippen LogP contribution in [-0.2, 0) is 4.79 Å². The predicted octanol–water partition coefficient (Wildman–Crippen LogP) is 5.51. The van der Waals surface area contributed by atoms with E-state index in [0.717, 1.165) is 28.4 Å². The second kappa shape index (κ2) is 9.94. The van der Waals surface area contributed by atoms with Gasteiger partial charge in [-0.25, -0.2) is 8.78 Å². The van der Waals surface area contributed by atoms with Crippen LogP contribution in [-0.4, -0.2) is 60.1 Å². The van der Waals surface area contributed by atoms with Crippen LogP contribution >= 0.6 is 22.9 Å². The lowest BCUT2D eigenvalue weighted by atomic mass is 9.95. The number of carbonyl (C=O) groups excluding carboxylic acids is 2. The van der Waals surface area contributed by atoms with Crippen molar-refractivity contribution in [1.29, 1.82) is 5.26 Å². The molecule has 0 bridgehead atoms. The van der Waals surface area contributed by atoms with Crippen LogP contribution in [0, 0.1) is 23.0 Å². The fourth-order valence-corrected chi connectivity index (χ4v) is 6.27. The monoisotopic (exact) mass is 596 g/mol. The molecule has 1 fully saturated rings. The average molecular weight is 597 g/mol. The molecule has 208 valence electrons. The number of hydrogen-bond acceptors (Lipinski definition) is 6. The van der Waals surface area contributed by atoms with Crippen molar-refractivity contribution in [3.8, 4) is 22.9 Å². The summed E-state index contributed by atoms with van der Waals surface area (Å²) in [5.74, 6) is -3.71. The maximum absolute atomic E-state index is 15.7. The molecule has 0 unspecified atom stereocenters. The summed E-state index contributed by atoms with van der Waals surface area (Å²) in [5.41, 5.74) is 3.98. The Kier molecular flexibility index (Phi) is 6.87. The summed E-state index contributed by atoms with van der Waals surface area (Å²) >= 11 is 7.44. The highest BCUT2D eigenvalue weighted by atomic mass is 35.5. The van der Waals surface area contributed by atoms with E-state index in [9.17, 15) is 32.4 Å². The van der Waals surface area contributed by atoms with Gasteiger partial charge in [-0.15, -0.1) is 11.3 Å². The average Bonchev–Trinajstić information content (AvgIpc) is 3.25. The molecule has 2 aromatic carbocycles. The number of halogens is 6. The third-order valence-electron chi connectivity index (χ3n) is 6.93. The number of amides is 2. The van der Waals surface area contributed by atoms with E-state index >= 15 is 4.39 Å². The molecule has 2 amide bonds. The summed E-state index contributed by atoms with van der Waals surface area (Å²) in [4.78, 5) is 28.2. The number of hydrogen-bond donors (Lipinski definition) is 1. The van der Waals surface area contributed by atoms with Gasteiger partial charge in [-0.2, -0.15) is 18.4 Å². The molecule has 0 aliphatic carbocycles. The van der Waals surface area contributed by atoms with Gasteiger partial charge < -0.3 is 20.3 Å². The standard InChI is InChI=1S/C26H18ClF5N4O3S/c1-11(26(30,31)32)24(37)35-5-6-36-12(10-35)4-7-39-21-14(25(36)38)8-17(29)19(20(21)27)13-2-3-16(28)22-18(13)15(9-33)23(34)40-22/h2-3,8,12H,1,4-7,10,34H2/t12-/m0/s1. The minimum Gasteiger partial charge on any atom is -0.491 e. The summed E-state index contributed by atoms with van der Waals surface area (Å²) in [5, 5.41) is 9.44. The zero-order valence-corrected chi connectivity index (χ0v) is 21.9. The Labute approximate surface area is 232 Å². The molecular formula is C26H18ClF5N4O3S. The molecule has 0 spiro atoms. The summed E-state index contributed by atoms with van der Waals surface area (Å²) in [6.07, 6.45) is -4.76. The molecule has 0 radical (unpaired) electrons. The van der Waals surface area contributed by atoms with Crippen molar-refractivity contribution >= 4 is 49.8 Å². The highest BCUT2D eigenvalue weighted by molar-refractivity contribution is 7.23. The van der Waals surface area contributed by atoms with Crippen molar-refractivity contribution in [2.24, 2.45) is 0 Å². The number of alkyl halides is 3. The largest absolute Gasteiger partial charge is 0.491 e. The highest BCUT2D eigenvalue weighted by Gasteiger charge is 2.42. The van der Waals surface area contributed by atoms with Crippen molar-refractivity contribution in [2.45, 2.75) is 18.6 Å².